The van der Waals surface area contributed by atoms with E-state index < -0.39 is 0 Å². The van der Waals surface area contributed by atoms with Crippen LogP contribution in [0.2, 0.25) is 0 Å². The molecule has 4 rings (SSSR count). The fourth-order valence-electron chi connectivity index (χ4n) is 4.71. The summed E-state index contributed by atoms with van der Waals surface area (Å²) in [4.78, 5) is 15.5. The monoisotopic (exact) mass is 439 g/mol. The zero-order valence-corrected chi connectivity index (χ0v) is 19.2. The molecule has 2 aromatic rings. The molecule has 1 spiro atoms. The van der Waals surface area contributed by atoms with Gasteiger partial charge in [0.05, 0.1) is 18.7 Å². The lowest BCUT2D eigenvalue weighted by molar-refractivity contribution is -0.145. The van der Waals surface area contributed by atoms with Crippen LogP contribution in [0.5, 0.6) is 5.75 Å². The number of rotatable bonds is 8. The number of carbonyl (C=O) groups is 1. The number of amides is 1. The summed E-state index contributed by atoms with van der Waals surface area (Å²) in [6, 6.07) is 14.7. The van der Waals surface area contributed by atoms with Gasteiger partial charge in [-0.05, 0) is 74.8 Å². The molecule has 2 aliphatic rings. The molecule has 1 amide bonds. The maximum atomic E-state index is 13.5. The van der Waals surface area contributed by atoms with E-state index >= 15 is 0 Å². The van der Waals surface area contributed by atoms with Crippen LogP contribution in [-0.2, 0) is 17.9 Å². The quantitative estimate of drug-likeness (QED) is 0.563. The van der Waals surface area contributed by atoms with Crippen LogP contribution in [0, 0.1) is 5.82 Å². The lowest BCUT2D eigenvalue weighted by Crippen LogP contribution is -2.54. The number of nitrogens with zero attached hydrogens (tertiary/aromatic N) is 3. The standard InChI is InChI=1S/C26H34FN3O2/c1-3-4-17-32-24-11-7-21(8-12-24)19-29-25(31)18-26(13-15-28(2)16-14-26)30(29)20-22-5-9-23(27)10-6-22/h5-12H,3-4,13-20H2,1-2H3. The Morgan fingerprint density at radius 3 is 2.25 bits per heavy atom. The van der Waals surface area contributed by atoms with E-state index in [1.54, 1.807) is 0 Å². The topological polar surface area (TPSA) is 36.0 Å². The predicted octanol–water partition coefficient (Wildman–Crippen LogP) is 4.62. The van der Waals surface area contributed by atoms with E-state index in [1.165, 1.54) is 12.1 Å². The summed E-state index contributed by atoms with van der Waals surface area (Å²) in [6.07, 6.45) is 4.60. The smallest absolute Gasteiger partial charge is 0.239 e. The van der Waals surface area contributed by atoms with Gasteiger partial charge >= 0.3 is 0 Å². The van der Waals surface area contributed by atoms with Crippen LogP contribution in [0.25, 0.3) is 0 Å². The molecule has 5 nitrogen and oxygen atoms in total. The number of piperidine rings is 1. The van der Waals surface area contributed by atoms with E-state index in [-0.39, 0.29) is 17.3 Å². The molecule has 0 radical (unpaired) electrons. The molecule has 0 N–H and O–H groups in total. The minimum absolute atomic E-state index is 0.165. The maximum absolute atomic E-state index is 13.5. The Hall–Kier alpha value is -2.44. The Balaban J connectivity index is 1.53. The summed E-state index contributed by atoms with van der Waals surface area (Å²) in [5.74, 6) is 0.795. The predicted molar refractivity (Wildman–Crippen MR) is 123 cm³/mol. The number of hydrogen-bond donors (Lipinski definition) is 0. The van der Waals surface area contributed by atoms with Crippen molar-refractivity contribution in [3.63, 3.8) is 0 Å². The number of halogens is 1. The Kier molecular flexibility index (Phi) is 7.11. The first kappa shape index (κ1) is 22.7. The Labute approximate surface area is 190 Å². The number of hydrazine groups is 1. The highest BCUT2D eigenvalue weighted by Crippen LogP contribution is 2.41. The van der Waals surface area contributed by atoms with Crippen LogP contribution in [0.4, 0.5) is 4.39 Å². The first-order valence-corrected chi connectivity index (χ1v) is 11.7. The molecule has 0 saturated carbocycles. The number of unbranched alkanes of at least 4 members (excludes halogenated alkanes) is 1. The van der Waals surface area contributed by atoms with Gasteiger partial charge in [-0.3, -0.25) is 9.80 Å². The van der Waals surface area contributed by atoms with Crippen molar-refractivity contribution in [3.05, 3.63) is 65.5 Å². The lowest BCUT2D eigenvalue weighted by atomic mass is 9.84. The molecule has 2 heterocycles. The molecule has 2 aliphatic heterocycles. The molecular formula is C26H34FN3O2. The van der Waals surface area contributed by atoms with E-state index in [0.717, 1.165) is 62.3 Å². The Bertz CT molecular complexity index is 892. The van der Waals surface area contributed by atoms with Crippen molar-refractivity contribution in [3.8, 4) is 5.75 Å². The van der Waals surface area contributed by atoms with Crippen LogP contribution >= 0.6 is 0 Å². The third-order valence-electron chi connectivity index (χ3n) is 6.79. The first-order chi connectivity index (χ1) is 15.5. The third kappa shape index (κ3) is 5.13. The Morgan fingerprint density at radius 2 is 1.59 bits per heavy atom. The largest absolute Gasteiger partial charge is 0.494 e. The van der Waals surface area contributed by atoms with Gasteiger partial charge < -0.3 is 9.64 Å². The summed E-state index contributed by atoms with van der Waals surface area (Å²) in [5, 5.41) is 4.18. The summed E-state index contributed by atoms with van der Waals surface area (Å²) in [6.45, 7) is 5.97. The molecular weight excluding hydrogens is 405 g/mol. The van der Waals surface area contributed by atoms with Crippen molar-refractivity contribution in [1.29, 1.82) is 0 Å². The van der Waals surface area contributed by atoms with Crippen molar-refractivity contribution in [2.75, 3.05) is 26.7 Å². The highest BCUT2D eigenvalue weighted by molar-refractivity contribution is 5.79. The second-order valence-electron chi connectivity index (χ2n) is 9.19. The van der Waals surface area contributed by atoms with Gasteiger partial charge in [-0.2, -0.15) is 0 Å². The molecule has 0 bridgehead atoms. The van der Waals surface area contributed by atoms with Crippen LogP contribution in [-0.4, -0.2) is 53.1 Å². The van der Waals surface area contributed by atoms with Gasteiger partial charge in [0.1, 0.15) is 11.6 Å². The first-order valence-electron chi connectivity index (χ1n) is 11.7. The van der Waals surface area contributed by atoms with Gasteiger partial charge in [0.2, 0.25) is 5.91 Å². The fourth-order valence-corrected chi connectivity index (χ4v) is 4.71. The van der Waals surface area contributed by atoms with Crippen molar-refractivity contribution in [2.45, 2.75) is 57.7 Å². The van der Waals surface area contributed by atoms with Gasteiger partial charge in [0, 0.05) is 13.0 Å². The van der Waals surface area contributed by atoms with Gasteiger partial charge in [-0.15, -0.1) is 0 Å². The molecule has 6 heteroatoms. The zero-order valence-electron chi connectivity index (χ0n) is 19.2. The van der Waals surface area contributed by atoms with Gasteiger partial charge in [0.15, 0.2) is 0 Å². The number of hydrogen-bond acceptors (Lipinski definition) is 4. The second-order valence-corrected chi connectivity index (χ2v) is 9.19. The van der Waals surface area contributed by atoms with E-state index in [4.69, 9.17) is 4.74 Å². The van der Waals surface area contributed by atoms with Crippen molar-refractivity contribution >= 4 is 5.91 Å². The summed E-state index contributed by atoms with van der Waals surface area (Å²) < 4.78 is 19.2. The average Bonchev–Trinajstić information content (AvgIpc) is 3.04. The van der Waals surface area contributed by atoms with Crippen LogP contribution in [0.3, 0.4) is 0 Å². The summed E-state index contributed by atoms with van der Waals surface area (Å²) in [7, 11) is 2.13. The fraction of sp³-hybridized carbons (Fsp3) is 0.500. The van der Waals surface area contributed by atoms with E-state index in [9.17, 15) is 9.18 Å². The molecule has 2 aromatic carbocycles. The number of benzene rings is 2. The lowest BCUT2D eigenvalue weighted by Gasteiger charge is -2.45. The number of ether oxygens (including phenoxy) is 1. The summed E-state index contributed by atoms with van der Waals surface area (Å²) in [5.41, 5.74) is 1.93. The average molecular weight is 440 g/mol. The molecule has 32 heavy (non-hydrogen) atoms. The van der Waals surface area contributed by atoms with E-state index in [0.29, 0.717) is 19.5 Å². The number of carbonyl (C=O) groups excluding carboxylic acids is 1. The minimum Gasteiger partial charge on any atom is -0.494 e. The molecule has 0 aliphatic carbocycles. The van der Waals surface area contributed by atoms with Crippen LogP contribution in [0.1, 0.15) is 50.2 Å². The molecule has 2 fully saturated rings. The van der Waals surface area contributed by atoms with Crippen molar-refractivity contribution in [1.82, 2.24) is 14.9 Å². The molecule has 2 saturated heterocycles. The summed E-state index contributed by atoms with van der Waals surface area (Å²) >= 11 is 0. The zero-order chi connectivity index (χ0) is 22.6. The van der Waals surface area contributed by atoms with Gasteiger partial charge in [0.25, 0.3) is 0 Å². The van der Waals surface area contributed by atoms with Crippen molar-refractivity contribution in [2.24, 2.45) is 0 Å². The highest BCUT2D eigenvalue weighted by atomic mass is 19.1. The molecule has 0 unspecified atom stereocenters. The Morgan fingerprint density at radius 1 is 0.969 bits per heavy atom. The highest BCUT2D eigenvalue weighted by Gasteiger charge is 2.50. The van der Waals surface area contributed by atoms with E-state index in [1.807, 2.05) is 41.4 Å². The normalized spacial score (nSPS) is 19.1. The van der Waals surface area contributed by atoms with Crippen molar-refractivity contribution < 1.29 is 13.9 Å². The molecule has 0 aromatic heterocycles. The third-order valence-corrected chi connectivity index (χ3v) is 6.79. The van der Waals surface area contributed by atoms with E-state index in [2.05, 4.69) is 23.9 Å². The van der Waals surface area contributed by atoms with Gasteiger partial charge in [-0.1, -0.05) is 37.6 Å². The second kappa shape index (κ2) is 10.0. The minimum atomic E-state index is -0.238. The van der Waals surface area contributed by atoms with Gasteiger partial charge in [-0.25, -0.2) is 9.40 Å². The molecule has 172 valence electrons. The van der Waals surface area contributed by atoms with Crippen LogP contribution in [0.15, 0.2) is 48.5 Å². The van der Waals surface area contributed by atoms with Crippen LogP contribution < -0.4 is 4.74 Å². The molecule has 0 atom stereocenters. The SMILES string of the molecule is CCCCOc1ccc(CN2C(=O)CC3(CCN(C)CC3)N2Cc2ccc(F)cc2)cc1. The maximum Gasteiger partial charge on any atom is 0.239 e. The number of likely N-dealkylation sites (tertiary alicyclic amines) is 1.